The number of carbonyl (C=O) groups excluding carboxylic acids is 1. The van der Waals surface area contributed by atoms with Crippen LogP contribution < -0.4 is 15.4 Å². The topological polar surface area (TPSA) is 103 Å². The lowest BCUT2D eigenvalue weighted by Crippen LogP contribution is -2.31. The summed E-state index contributed by atoms with van der Waals surface area (Å²) >= 11 is 0. The lowest BCUT2D eigenvalue weighted by molar-refractivity contribution is -0.142. The van der Waals surface area contributed by atoms with Gasteiger partial charge in [-0.2, -0.15) is 5.10 Å². The van der Waals surface area contributed by atoms with Crippen molar-refractivity contribution in [2.45, 2.75) is 18.6 Å². The van der Waals surface area contributed by atoms with E-state index in [1.807, 2.05) is 49.6 Å². The fraction of sp³-hybridized carbons (Fsp3) is 0.231. The van der Waals surface area contributed by atoms with E-state index in [1.165, 1.54) is 7.11 Å². The van der Waals surface area contributed by atoms with Crippen LogP contribution in [-0.2, 0) is 16.6 Å². The summed E-state index contributed by atoms with van der Waals surface area (Å²) in [6, 6.07) is 11.1. The zero-order valence-electron chi connectivity index (χ0n) is 19.4. The van der Waals surface area contributed by atoms with E-state index in [0.29, 0.717) is 24.7 Å². The highest BCUT2D eigenvalue weighted by Gasteiger charge is 2.31. The zero-order chi connectivity index (χ0) is 24.4. The molecule has 2 atom stereocenters. The number of esters is 1. The number of hydrogen-bond acceptors (Lipinski definition) is 8. The monoisotopic (exact) mass is 468 g/mol. The van der Waals surface area contributed by atoms with Gasteiger partial charge in [0.15, 0.2) is 0 Å². The molecule has 0 bridgehead atoms. The van der Waals surface area contributed by atoms with E-state index in [4.69, 9.17) is 15.9 Å². The molecule has 1 aliphatic heterocycles. The number of rotatable bonds is 6. The molecular formula is C26H24N6O3. The van der Waals surface area contributed by atoms with Gasteiger partial charge in [0, 0.05) is 60.7 Å². The molecule has 1 fully saturated rings. The molecule has 5 rings (SSSR count). The van der Waals surface area contributed by atoms with Crippen LogP contribution in [0.1, 0.15) is 12.0 Å². The lowest BCUT2D eigenvalue weighted by atomic mass is 10.1. The Bertz CT molecular complexity index is 1440. The molecule has 0 saturated carbocycles. The minimum atomic E-state index is -0.370. The summed E-state index contributed by atoms with van der Waals surface area (Å²) < 4.78 is 12.8. The highest BCUT2D eigenvalue weighted by atomic mass is 16.5. The SMILES string of the molecule is C#Cc1ccc2nc(Nc3cc(OC4CNC(C(=O)OC)C4)cc(-c4cnn(C)c4)c3)ncc2c1. The van der Waals surface area contributed by atoms with Gasteiger partial charge in [0.2, 0.25) is 5.95 Å². The van der Waals surface area contributed by atoms with Crippen molar-refractivity contribution in [3.63, 3.8) is 0 Å². The molecule has 2 aromatic carbocycles. The first-order valence-corrected chi connectivity index (χ1v) is 11.1. The van der Waals surface area contributed by atoms with Crippen LogP contribution in [-0.4, -0.2) is 51.5 Å². The maximum absolute atomic E-state index is 11.9. The summed E-state index contributed by atoms with van der Waals surface area (Å²) in [5.74, 6) is 3.45. The summed E-state index contributed by atoms with van der Waals surface area (Å²) in [6.07, 6.45) is 11.3. The van der Waals surface area contributed by atoms with Gasteiger partial charge in [-0.15, -0.1) is 6.42 Å². The number of benzene rings is 2. The van der Waals surface area contributed by atoms with Crippen LogP contribution in [0.5, 0.6) is 5.75 Å². The average Bonchev–Trinajstić information content (AvgIpc) is 3.52. The number of methoxy groups -OCH3 is 1. The Morgan fingerprint density at radius 2 is 2.11 bits per heavy atom. The van der Waals surface area contributed by atoms with Crippen LogP contribution in [0.15, 0.2) is 55.0 Å². The molecule has 0 aliphatic carbocycles. The molecule has 2 aromatic heterocycles. The molecule has 9 heteroatoms. The van der Waals surface area contributed by atoms with Crippen molar-refractivity contribution in [1.29, 1.82) is 0 Å². The van der Waals surface area contributed by atoms with Gasteiger partial charge in [-0.25, -0.2) is 9.97 Å². The third-order valence-corrected chi connectivity index (χ3v) is 5.83. The number of anilines is 2. The van der Waals surface area contributed by atoms with Crippen LogP contribution in [0.3, 0.4) is 0 Å². The van der Waals surface area contributed by atoms with Crippen LogP contribution in [0.25, 0.3) is 22.0 Å². The predicted molar refractivity (Wildman–Crippen MR) is 132 cm³/mol. The Hall–Kier alpha value is -4.42. The van der Waals surface area contributed by atoms with Crippen molar-refractivity contribution in [1.82, 2.24) is 25.1 Å². The van der Waals surface area contributed by atoms with Gasteiger partial charge in [-0.3, -0.25) is 9.48 Å². The molecule has 2 unspecified atom stereocenters. The van der Waals surface area contributed by atoms with Gasteiger partial charge in [0.25, 0.3) is 0 Å². The second kappa shape index (κ2) is 9.44. The number of carbonyl (C=O) groups is 1. The maximum atomic E-state index is 11.9. The van der Waals surface area contributed by atoms with Crippen molar-refractivity contribution in [3.05, 3.63) is 60.6 Å². The highest BCUT2D eigenvalue weighted by Crippen LogP contribution is 2.31. The van der Waals surface area contributed by atoms with Crippen LogP contribution >= 0.6 is 0 Å². The molecule has 1 aliphatic rings. The van der Waals surface area contributed by atoms with Gasteiger partial charge in [0.05, 0.1) is 18.8 Å². The van der Waals surface area contributed by atoms with Crippen molar-refractivity contribution < 1.29 is 14.3 Å². The predicted octanol–water partition coefficient (Wildman–Crippen LogP) is 3.04. The molecule has 0 amide bonds. The van der Waals surface area contributed by atoms with E-state index in [-0.39, 0.29) is 18.1 Å². The Morgan fingerprint density at radius 3 is 2.89 bits per heavy atom. The highest BCUT2D eigenvalue weighted by molar-refractivity contribution is 5.81. The molecular weight excluding hydrogens is 444 g/mol. The smallest absolute Gasteiger partial charge is 0.323 e. The van der Waals surface area contributed by atoms with Gasteiger partial charge < -0.3 is 20.1 Å². The lowest BCUT2D eigenvalue weighted by Gasteiger charge is -2.16. The first kappa shape index (κ1) is 22.4. The number of nitrogens with one attached hydrogen (secondary N) is 2. The number of terminal acetylenes is 1. The van der Waals surface area contributed by atoms with Crippen molar-refractivity contribution in [2.75, 3.05) is 19.0 Å². The number of aromatic nitrogens is 4. The Morgan fingerprint density at radius 1 is 1.23 bits per heavy atom. The Labute approximate surface area is 202 Å². The number of hydrogen-bond donors (Lipinski definition) is 2. The summed E-state index contributed by atoms with van der Waals surface area (Å²) in [4.78, 5) is 20.9. The van der Waals surface area contributed by atoms with Crippen LogP contribution in [0, 0.1) is 12.3 Å². The molecule has 1 saturated heterocycles. The minimum Gasteiger partial charge on any atom is -0.489 e. The summed E-state index contributed by atoms with van der Waals surface area (Å²) in [5.41, 5.74) is 4.19. The second-order valence-electron chi connectivity index (χ2n) is 8.34. The minimum absolute atomic E-state index is 0.168. The van der Waals surface area contributed by atoms with E-state index >= 15 is 0 Å². The van der Waals surface area contributed by atoms with Gasteiger partial charge >= 0.3 is 5.97 Å². The van der Waals surface area contributed by atoms with Crippen LogP contribution in [0.4, 0.5) is 11.6 Å². The molecule has 0 spiro atoms. The fourth-order valence-electron chi connectivity index (χ4n) is 4.10. The standard InChI is InChI=1S/C26H24N6O3/c1-4-16-5-6-23-18(7-16)12-28-26(31-23)30-20-8-17(19-13-29-32(2)15-19)9-21(10-20)35-22-11-24(27-14-22)25(33)34-3/h1,5-10,12-13,15,22,24,27H,11,14H2,2-3H3,(H,28,30,31). The van der Waals surface area contributed by atoms with E-state index in [0.717, 1.165) is 33.3 Å². The summed E-state index contributed by atoms with van der Waals surface area (Å²) in [6.45, 7) is 0.549. The first-order chi connectivity index (χ1) is 17.0. The van der Waals surface area contributed by atoms with E-state index in [9.17, 15) is 4.79 Å². The molecule has 35 heavy (non-hydrogen) atoms. The summed E-state index contributed by atoms with van der Waals surface area (Å²) in [7, 11) is 3.26. The third kappa shape index (κ3) is 4.93. The second-order valence-corrected chi connectivity index (χ2v) is 8.34. The number of nitrogens with zero attached hydrogens (tertiary/aromatic N) is 4. The van der Waals surface area contributed by atoms with Crippen LogP contribution in [0.2, 0.25) is 0 Å². The van der Waals surface area contributed by atoms with Crippen molar-refractivity contribution in [3.8, 4) is 29.2 Å². The van der Waals surface area contributed by atoms with Gasteiger partial charge in [-0.1, -0.05) is 5.92 Å². The largest absolute Gasteiger partial charge is 0.489 e. The molecule has 2 N–H and O–H groups in total. The van der Waals surface area contributed by atoms with Gasteiger partial charge in [0.1, 0.15) is 17.9 Å². The Balaban J connectivity index is 1.43. The molecule has 176 valence electrons. The van der Waals surface area contributed by atoms with Crippen molar-refractivity contribution >= 4 is 28.5 Å². The molecule has 4 aromatic rings. The molecule has 3 heterocycles. The van der Waals surface area contributed by atoms with E-state index < -0.39 is 0 Å². The average molecular weight is 469 g/mol. The normalized spacial score (nSPS) is 17.2. The quantitative estimate of drug-likeness (QED) is 0.329. The summed E-state index contributed by atoms with van der Waals surface area (Å²) in [5, 5.41) is 11.6. The maximum Gasteiger partial charge on any atom is 0.323 e. The number of ether oxygens (including phenoxy) is 2. The van der Waals surface area contributed by atoms with E-state index in [1.54, 1.807) is 17.1 Å². The van der Waals surface area contributed by atoms with Crippen molar-refractivity contribution in [2.24, 2.45) is 7.05 Å². The zero-order valence-corrected chi connectivity index (χ0v) is 19.4. The number of fused-ring (bicyclic) bond motifs is 1. The number of aryl methyl sites for hydroxylation is 1. The van der Waals surface area contributed by atoms with Gasteiger partial charge in [-0.05, 0) is 35.9 Å². The Kier molecular flexibility index (Phi) is 6.04. The fourth-order valence-corrected chi connectivity index (χ4v) is 4.10. The van der Waals surface area contributed by atoms with E-state index in [2.05, 4.69) is 31.6 Å². The first-order valence-electron chi connectivity index (χ1n) is 11.1. The molecule has 0 radical (unpaired) electrons. The third-order valence-electron chi connectivity index (χ3n) is 5.83. The molecule has 9 nitrogen and oxygen atoms in total.